The van der Waals surface area contributed by atoms with E-state index in [0.29, 0.717) is 0 Å². The molecule has 4 heteroatoms. The molecule has 0 fully saturated rings. The summed E-state index contributed by atoms with van der Waals surface area (Å²) in [7, 11) is 0. The molecule has 0 bridgehead atoms. The van der Waals surface area contributed by atoms with Gasteiger partial charge in [0.1, 0.15) is 5.76 Å². The maximum Gasteiger partial charge on any atom is 0.169 e. The Balaban J connectivity index is 0.000001000. The van der Waals surface area contributed by atoms with Gasteiger partial charge >= 0.3 is 0 Å². The van der Waals surface area contributed by atoms with Crippen LogP contribution in [0.3, 0.4) is 0 Å². The molecule has 1 rings (SSSR count). The molecule has 0 saturated heterocycles. The van der Waals surface area contributed by atoms with Crippen LogP contribution in [0.1, 0.15) is 25.1 Å². The molecule has 0 saturated carbocycles. The zero-order valence-corrected chi connectivity index (χ0v) is 8.61. The molecule has 0 aliphatic carbocycles. The molecular weight excluding hydrogens is 229 g/mol. The third-order valence-electron chi connectivity index (χ3n) is 1.40. The average Bonchev–Trinajstić information content (AvgIpc) is 2.34. The molecule has 0 aliphatic heterocycles. The molecule has 11 heavy (non-hydrogen) atoms. The van der Waals surface area contributed by atoms with Crippen molar-refractivity contribution in [3.05, 3.63) is 22.6 Å². The molecule has 0 aromatic carbocycles. The van der Waals surface area contributed by atoms with Gasteiger partial charge in [-0.3, -0.25) is 0 Å². The summed E-state index contributed by atoms with van der Waals surface area (Å²) in [6.45, 7) is 2.03. The lowest BCUT2D eigenvalue weighted by Crippen LogP contribution is -2.06. The minimum atomic E-state index is 0. The number of rotatable bonds is 2. The highest BCUT2D eigenvalue weighted by Crippen LogP contribution is 2.20. The fraction of sp³-hybridized carbons (Fsp3) is 0.429. The first-order valence-electron chi connectivity index (χ1n) is 3.25. The summed E-state index contributed by atoms with van der Waals surface area (Å²) in [5.74, 6) is 0.842. The highest BCUT2D eigenvalue weighted by atomic mass is 79.9. The van der Waals surface area contributed by atoms with Gasteiger partial charge in [0.05, 0.1) is 6.04 Å². The average molecular weight is 241 g/mol. The lowest BCUT2D eigenvalue weighted by molar-refractivity contribution is 0.444. The Bertz CT molecular complexity index is 214. The summed E-state index contributed by atoms with van der Waals surface area (Å²) >= 11 is 3.21. The molecule has 2 nitrogen and oxygen atoms in total. The Morgan fingerprint density at radius 1 is 1.64 bits per heavy atom. The van der Waals surface area contributed by atoms with Gasteiger partial charge in [0, 0.05) is 0 Å². The standard InChI is InChI=1S/C7H10BrNO.ClH/c1-2-5(9)6-3-4-7(8)10-6;/h3-5H,2,9H2,1H3;1H/t5-;/m0./s1. The van der Waals surface area contributed by atoms with Gasteiger partial charge in [-0.05, 0) is 34.5 Å². The Morgan fingerprint density at radius 3 is 2.64 bits per heavy atom. The summed E-state index contributed by atoms with van der Waals surface area (Å²) in [4.78, 5) is 0. The summed E-state index contributed by atoms with van der Waals surface area (Å²) in [6, 6.07) is 3.77. The second kappa shape index (κ2) is 4.80. The van der Waals surface area contributed by atoms with Crippen LogP contribution in [0.2, 0.25) is 0 Å². The smallest absolute Gasteiger partial charge is 0.169 e. The number of nitrogens with two attached hydrogens (primary N) is 1. The van der Waals surface area contributed by atoms with Crippen LogP contribution in [0.4, 0.5) is 0 Å². The number of halogens is 2. The fourth-order valence-corrected chi connectivity index (χ4v) is 1.05. The third kappa shape index (κ3) is 2.85. The zero-order valence-electron chi connectivity index (χ0n) is 6.21. The maximum atomic E-state index is 5.69. The van der Waals surface area contributed by atoms with Crippen molar-refractivity contribution in [1.29, 1.82) is 0 Å². The monoisotopic (exact) mass is 239 g/mol. The molecule has 0 aliphatic rings. The second-order valence-electron chi connectivity index (χ2n) is 2.16. The van der Waals surface area contributed by atoms with Crippen molar-refractivity contribution in [3.8, 4) is 0 Å². The number of hydrogen-bond acceptors (Lipinski definition) is 2. The number of hydrogen-bond donors (Lipinski definition) is 1. The first-order valence-corrected chi connectivity index (χ1v) is 4.04. The van der Waals surface area contributed by atoms with E-state index in [1.54, 1.807) is 0 Å². The third-order valence-corrected chi connectivity index (χ3v) is 1.83. The largest absolute Gasteiger partial charge is 0.453 e. The quantitative estimate of drug-likeness (QED) is 0.863. The molecule has 1 atom stereocenters. The highest BCUT2D eigenvalue weighted by molar-refractivity contribution is 9.10. The van der Waals surface area contributed by atoms with E-state index < -0.39 is 0 Å². The lowest BCUT2D eigenvalue weighted by atomic mass is 10.2. The van der Waals surface area contributed by atoms with E-state index in [0.717, 1.165) is 16.9 Å². The van der Waals surface area contributed by atoms with Gasteiger partial charge in [-0.1, -0.05) is 6.92 Å². The van der Waals surface area contributed by atoms with Crippen LogP contribution in [0.25, 0.3) is 0 Å². The predicted molar refractivity (Wildman–Crippen MR) is 50.9 cm³/mol. The fourth-order valence-electron chi connectivity index (χ4n) is 0.729. The van der Waals surface area contributed by atoms with Gasteiger partial charge in [0.25, 0.3) is 0 Å². The van der Waals surface area contributed by atoms with Crippen LogP contribution >= 0.6 is 28.3 Å². The topological polar surface area (TPSA) is 39.2 Å². The zero-order chi connectivity index (χ0) is 7.56. The Labute approximate surface area is 80.7 Å². The van der Waals surface area contributed by atoms with Gasteiger partial charge < -0.3 is 10.2 Å². The van der Waals surface area contributed by atoms with Crippen LogP contribution in [0.15, 0.2) is 21.2 Å². The Morgan fingerprint density at radius 2 is 2.27 bits per heavy atom. The summed E-state index contributed by atoms with van der Waals surface area (Å²) in [5.41, 5.74) is 5.69. The van der Waals surface area contributed by atoms with E-state index in [-0.39, 0.29) is 18.4 Å². The van der Waals surface area contributed by atoms with E-state index >= 15 is 0 Å². The van der Waals surface area contributed by atoms with Gasteiger partial charge in [0.2, 0.25) is 0 Å². The minimum absolute atomic E-state index is 0. The molecule has 2 N–H and O–H groups in total. The lowest BCUT2D eigenvalue weighted by Gasteiger charge is -2.02. The van der Waals surface area contributed by atoms with E-state index in [1.807, 2.05) is 19.1 Å². The maximum absolute atomic E-state index is 5.69. The van der Waals surface area contributed by atoms with Crippen molar-refractivity contribution in [2.45, 2.75) is 19.4 Å². The molecule has 0 unspecified atom stereocenters. The molecule has 1 aromatic heterocycles. The molecule has 0 spiro atoms. The van der Waals surface area contributed by atoms with Gasteiger partial charge in [-0.15, -0.1) is 12.4 Å². The summed E-state index contributed by atoms with van der Waals surface area (Å²) in [6.07, 6.45) is 0.903. The van der Waals surface area contributed by atoms with Crippen LogP contribution in [-0.2, 0) is 0 Å². The van der Waals surface area contributed by atoms with Gasteiger partial charge in [-0.2, -0.15) is 0 Å². The van der Waals surface area contributed by atoms with Crippen LogP contribution < -0.4 is 5.73 Å². The molecular formula is C7H11BrClNO. The predicted octanol–water partition coefficient (Wildman–Crippen LogP) is 2.87. The Kier molecular flexibility index (Phi) is 4.81. The molecule has 0 amide bonds. The van der Waals surface area contributed by atoms with Crippen LogP contribution in [0, 0.1) is 0 Å². The minimum Gasteiger partial charge on any atom is -0.453 e. The van der Waals surface area contributed by atoms with Crippen LogP contribution in [0.5, 0.6) is 0 Å². The van der Waals surface area contributed by atoms with Gasteiger partial charge in [0.15, 0.2) is 4.67 Å². The Hall–Kier alpha value is 0.01000. The summed E-state index contributed by atoms with van der Waals surface area (Å²) in [5, 5.41) is 0. The molecule has 0 radical (unpaired) electrons. The van der Waals surface area contributed by atoms with Crippen molar-refractivity contribution < 1.29 is 4.42 Å². The molecule has 1 heterocycles. The summed E-state index contributed by atoms with van der Waals surface area (Å²) < 4.78 is 5.97. The SMILES string of the molecule is CC[C@H](N)c1ccc(Br)o1.Cl. The van der Waals surface area contributed by atoms with Gasteiger partial charge in [-0.25, -0.2) is 0 Å². The second-order valence-corrected chi connectivity index (χ2v) is 2.94. The highest BCUT2D eigenvalue weighted by Gasteiger charge is 2.06. The van der Waals surface area contributed by atoms with E-state index in [2.05, 4.69) is 15.9 Å². The van der Waals surface area contributed by atoms with Crippen molar-refractivity contribution in [1.82, 2.24) is 0 Å². The van der Waals surface area contributed by atoms with Crippen molar-refractivity contribution in [3.63, 3.8) is 0 Å². The molecule has 64 valence electrons. The van der Waals surface area contributed by atoms with Crippen molar-refractivity contribution >= 4 is 28.3 Å². The van der Waals surface area contributed by atoms with Crippen LogP contribution in [-0.4, -0.2) is 0 Å². The van der Waals surface area contributed by atoms with Crippen molar-refractivity contribution in [2.75, 3.05) is 0 Å². The van der Waals surface area contributed by atoms with E-state index in [9.17, 15) is 0 Å². The van der Waals surface area contributed by atoms with E-state index in [1.165, 1.54) is 0 Å². The first kappa shape index (κ1) is 11.0. The first-order chi connectivity index (χ1) is 4.74. The van der Waals surface area contributed by atoms with E-state index in [4.69, 9.17) is 10.2 Å². The normalized spacial score (nSPS) is 12.3. The van der Waals surface area contributed by atoms with Crippen molar-refractivity contribution in [2.24, 2.45) is 5.73 Å². The number of furan rings is 1. The molecule has 1 aromatic rings.